The Kier molecular flexibility index (Phi) is 19.8. The van der Waals surface area contributed by atoms with Crippen LogP contribution in [0.5, 0.6) is 11.5 Å². The summed E-state index contributed by atoms with van der Waals surface area (Å²) in [6.45, 7) is 4.15. The number of nitrogens with one attached hydrogen (secondary N) is 2. The number of rotatable bonds is 9. The largest absolute Gasteiger partial charge is 0.495 e. The van der Waals surface area contributed by atoms with Crippen LogP contribution in [0.15, 0.2) is 95.8 Å². The molecule has 54 heavy (non-hydrogen) atoms. The van der Waals surface area contributed by atoms with Crippen molar-refractivity contribution in [2.24, 2.45) is 10.2 Å². The zero-order valence-electron chi connectivity index (χ0n) is 28.4. The molecule has 12 nitrogen and oxygen atoms in total. The number of halogens is 6. The van der Waals surface area contributed by atoms with Gasteiger partial charge < -0.3 is 18.7 Å². The van der Waals surface area contributed by atoms with E-state index in [1.807, 2.05) is 30.5 Å². The van der Waals surface area contributed by atoms with Gasteiger partial charge in [0.1, 0.15) is 22.6 Å². The van der Waals surface area contributed by atoms with E-state index in [9.17, 15) is 4.79 Å². The van der Waals surface area contributed by atoms with Crippen molar-refractivity contribution in [3.63, 3.8) is 0 Å². The van der Waals surface area contributed by atoms with Crippen molar-refractivity contribution in [2.45, 2.75) is 22.1 Å². The van der Waals surface area contributed by atoms with Gasteiger partial charge in [-0.2, -0.15) is 10.1 Å². The van der Waals surface area contributed by atoms with Gasteiger partial charge in [-0.05, 0) is 49.9 Å². The van der Waals surface area contributed by atoms with Crippen LogP contribution in [0.4, 0.5) is 11.4 Å². The molecule has 0 aliphatic carbocycles. The number of hydrogen-bond acceptors (Lipinski definition) is 15. The van der Waals surface area contributed by atoms with Gasteiger partial charge in [-0.1, -0.05) is 106 Å². The number of hydrogen-bond donors (Lipinski definition) is 2. The number of hydrazine groups is 1. The number of thioether (sulfide) groups is 2. The lowest BCUT2D eigenvalue weighted by molar-refractivity contribution is 0.251. The molecule has 0 amide bonds. The predicted octanol–water partition coefficient (Wildman–Crippen LogP) is 12.5. The van der Waals surface area contributed by atoms with Gasteiger partial charge in [-0.25, -0.2) is 14.9 Å². The molecule has 3 aromatic carbocycles. The van der Waals surface area contributed by atoms with Gasteiger partial charge in [0.15, 0.2) is 15.1 Å². The van der Waals surface area contributed by atoms with Crippen molar-refractivity contribution in [1.82, 2.24) is 20.0 Å². The number of benzene rings is 3. The quantitative estimate of drug-likeness (QED) is 0.0212. The lowest BCUT2D eigenvalue weighted by Crippen LogP contribution is -2.35. The van der Waals surface area contributed by atoms with E-state index in [4.69, 9.17) is 89.1 Å². The third kappa shape index (κ3) is 14.8. The number of thiazole rings is 1. The van der Waals surface area contributed by atoms with Crippen LogP contribution in [0.2, 0.25) is 15.1 Å². The number of aromatic nitrogens is 2. The summed E-state index contributed by atoms with van der Waals surface area (Å²) in [5.74, 6) is 1.09. The summed E-state index contributed by atoms with van der Waals surface area (Å²) in [5.41, 5.74) is 1.68. The van der Waals surface area contributed by atoms with E-state index in [1.54, 1.807) is 72.6 Å². The molecule has 2 N–H and O–H groups in total. The molecule has 0 saturated heterocycles. The zero-order chi connectivity index (χ0) is 39.7. The number of thiocyanates is 1. The molecule has 6 rings (SSSR count). The predicted molar refractivity (Wildman–Crippen MR) is 225 cm³/mol. The molecule has 0 spiro atoms. The van der Waals surface area contributed by atoms with Gasteiger partial charge in [0.25, 0.3) is 3.92 Å². The summed E-state index contributed by atoms with van der Waals surface area (Å²) in [6, 6.07) is 18.3. The van der Waals surface area contributed by atoms with E-state index < -0.39 is 9.54 Å². The lowest BCUT2D eigenvalue weighted by Gasteiger charge is -2.22. The molecule has 22 heteroatoms. The van der Waals surface area contributed by atoms with Crippen molar-refractivity contribution >= 4 is 138 Å². The normalized spacial score (nSPS) is 12.1. The average molecular weight is 933 g/mol. The van der Waals surface area contributed by atoms with Crippen LogP contribution in [0.25, 0.3) is 10.2 Å². The third-order valence-electron chi connectivity index (χ3n) is 6.00. The monoisotopic (exact) mass is 929 g/mol. The standard InChI is InChI=1S/C10H8ClN3O2.C9H6N2S3.C8H8Cl2O2.C5H7Cl3N2OS/c1-6-9(10(15)16-14-6)13-12-8-5-3-2-4-7(8)11;10-5-12-6-13-9-11-7-3-1-2-4-8(7)14-9;1-11-7-3-6(10)8(12-2)4-5(7)9;1-2-11-4-3-10(9-12-4)5(6,7)8/h2-5,14H,1H3;1-4H,6H2;3-4H,1-2H3;3,9H,2H2,1H3. The van der Waals surface area contributed by atoms with Crippen molar-refractivity contribution in [3.8, 4) is 16.9 Å². The number of nitriles is 1. The van der Waals surface area contributed by atoms with Crippen LogP contribution in [0.1, 0.15) is 12.6 Å². The fourth-order valence-electron chi connectivity index (χ4n) is 3.55. The molecule has 2 aromatic heterocycles. The highest BCUT2D eigenvalue weighted by molar-refractivity contribution is 8.18. The number of methoxy groups -OCH3 is 2. The van der Waals surface area contributed by atoms with Gasteiger partial charge in [-0.3, -0.25) is 5.01 Å². The van der Waals surface area contributed by atoms with Crippen molar-refractivity contribution < 1.29 is 18.7 Å². The molecule has 288 valence electrons. The van der Waals surface area contributed by atoms with E-state index in [0.29, 0.717) is 49.6 Å². The fraction of sp³-hybridized carbons (Fsp3) is 0.219. The van der Waals surface area contributed by atoms with Crippen molar-refractivity contribution in [3.05, 3.63) is 103 Å². The van der Waals surface area contributed by atoms with Gasteiger partial charge in [-0.15, -0.1) is 21.6 Å². The number of azo groups is 1. The summed E-state index contributed by atoms with van der Waals surface area (Å²) in [4.78, 5) is 18.4. The average Bonchev–Trinajstić information content (AvgIpc) is 3.88. The Balaban J connectivity index is 0.000000195. The molecule has 5 aromatic rings. The molecule has 1 aliphatic rings. The molecule has 0 fully saturated rings. The minimum absolute atomic E-state index is 0.153. The maximum absolute atomic E-state index is 11.2. The Morgan fingerprint density at radius 1 is 1.00 bits per heavy atom. The highest BCUT2D eigenvalue weighted by Crippen LogP contribution is 2.36. The fourth-order valence-corrected chi connectivity index (χ4v) is 7.97. The van der Waals surface area contributed by atoms with Gasteiger partial charge >= 0.3 is 5.63 Å². The van der Waals surface area contributed by atoms with Gasteiger partial charge in [0.05, 0.1) is 63.1 Å². The minimum Gasteiger partial charge on any atom is -0.495 e. The number of nitrogens with zero attached hydrogens (tertiary/aromatic N) is 5. The number of para-hydroxylation sites is 1. The first-order valence-corrected chi connectivity index (χ1v) is 20.7. The van der Waals surface area contributed by atoms with Crippen LogP contribution in [0.3, 0.4) is 0 Å². The number of aromatic amines is 1. The molecular formula is C32H29Cl6N7O5S4. The first kappa shape index (κ1) is 45.7. The SMILES string of the molecule is CCOC1=CN(C(Cl)(Cl)Cl)NS1.COc1cc(Cl)c(OC)cc1Cl.Cc1[nH]oc(=O)c1N=Nc1ccccc1Cl.N#CSCSc1nc2ccccc2s1. The van der Waals surface area contributed by atoms with Crippen molar-refractivity contribution in [2.75, 3.05) is 25.9 Å². The Labute approximate surface area is 357 Å². The molecule has 1 aliphatic heterocycles. The Bertz CT molecular complexity index is 2060. The summed E-state index contributed by atoms with van der Waals surface area (Å²) < 4.78 is 20.4. The highest BCUT2D eigenvalue weighted by Gasteiger charge is 2.31. The Morgan fingerprint density at radius 2 is 1.65 bits per heavy atom. The lowest BCUT2D eigenvalue weighted by atomic mass is 10.3. The number of fused-ring (bicyclic) bond motifs is 1. The number of aryl methyl sites for hydroxylation is 1. The Morgan fingerprint density at radius 3 is 2.19 bits per heavy atom. The summed E-state index contributed by atoms with van der Waals surface area (Å²) in [5, 5.41) is 24.7. The van der Waals surface area contributed by atoms with Crippen LogP contribution in [-0.4, -0.2) is 45.0 Å². The number of H-pyrrole nitrogens is 1. The van der Waals surface area contributed by atoms with Crippen molar-refractivity contribution in [1.29, 1.82) is 5.26 Å². The van der Waals surface area contributed by atoms with Gasteiger partial charge in [0.2, 0.25) is 0 Å². The third-order valence-corrected chi connectivity index (χ3v) is 11.0. The maximum Gasteiger partial charge on any atom is 0.384 e. The summed E-state index contributed by atoms with van der Waals surface area (Å²) >= 11 is 40.1. The summed E-state index contributed by atoms with van der Waals surface area (Å²) in [6.07, 6.45) is 1.60. The second-order valence-corrected chi connectivity index (χ2v) is 17.2. The van der Waals surface area contributed by atoms with E-state index in [2.05, 4.69) is 35.8 Å². The van der Waals surface area contributed by atoms with E-state index in [1.165, 1.54) is 47.6 Å². The maximum atomic E-state index is 11.2. The zero-order valence-corrected chi connectivity index (χ0v) is 36.2. The first-order valence-electron chi connectivity index (χ1n) is 14.8. The highest BCUT2D eigenvalue weighted by atomic mass is 35.6. The second-order valence-electron chi connectivity index (χ2n) is 9.60. The van der Waals surface area contributed by atoms with Crippen LogP contribution >= 0.6 is 116 Å². The molecule has 0 saturated carbocycles. The minimum atomic E-state index is -1.48. The number of ether oxygens (including phenoxy) is 3. The number of alkyl halides is 3. The molecule has 0 atom stereocenters. The molecule has 0 unspecified atom stereocenters. The van der Waals surface area contributed by atoms with E-state index >= 15 is 0 Å². The smallest absolute Gasteiger partial charge is 0.384 e. The molecular weight excluding hydrogens is 903 g/mol. The topological polar surface area (TPSA) is 150 Å². The molecule has 0 radical (unpaired) electrons. The van der Waals surface area contributed by atoms with Crippen LogP contribution in [-0.2, 0) is 4.74 Å². The first-order chi connectivity index (χ1) is 25.8. The Hall–Kier alpha value is -2.66. The van der Waals surface area contributed by atoms with Crippen LogP contribution < -0.4 is 19.9 Å². The van der Waals surface area contributed by atoms with E-state index in [0.717, 1.165) is 14.9 Å². The molecule has 0 bridgehead atoms. The second kappa shape index (κ2) is 23.4. The molecule has 3 heterocycles. The van der Waals surface area contributed by atoms with Crippen LogP contribution in [0, 0.1) is 17.6 Å². The van der Waals surface area contributed by atoms with E-state index in [-0.39, 0.29) is 5.69 Å². The van der Waals surface area contributed by atoms with Gasteiger partial charge in [0, 0.05) is 24.1 Å². The summed E-state index contributed by atoms with van der Waals surface area (Å²) in [7, 11) is 3.06.